The van der Waals surface area contributed by atoms with Crippen molar-refractivity contribution in [1.82, 2.24) is 5.32 Å². The molecular weight excluding hydrogens is 266 g/mol. The van der Waals surface area contributed by atoms with Crippen molar-refractivity contribution in [1.29, 1.82) is 0 Å². The van der Waals surface area contributed by atoms with E-state index in [0.717, 1.165) is 23.5 Å². The number of ether oxygens (including phenoxy) is 2. The van der Waals surface area contributed by atoms with Gasteiger partial charge in [-0.05, 0) is 23.6 Å². The highest BCUT2D eigenvalue weighted by Crippen LogP contribution is 2.32. The largest absolute Gasteiger partial charge is 0.454 e. The van der Waals surface area contributed by atoms with Crippen molar-refractivity contribution in [3.63, 3.8) is 0 Å². The summed E-state index contributed by atoms with van der Waals surface area (Å²) in [5.41, 5.74) is 1.00. The molecule has 0 aliphatic carbocycles. The molecule has 1 aliphatic heterocycles. The minimum atomic E-state index is -0.0642. The third-order valence-electron chi connectivity index (χ3n) is 3.37. The summed E-state index contributed by atoms with van der Waals surface area (Å²) >= 11 is 0. The topological polar surface area (TPSA) is 47.6 Å². The van der Waals surface area contributed by atoms with Gasteiger partial charge in [-0.3, -0.25) is 4.79 Å². The lowest BCUT2D eigenvalue weighted by atomic mass is 10.1. The molecule has 1 aromatic rings. The van der Waals surface area contributed by atoms with Gasteiger partial charge in [-0.15, -0.1) is 0 Å². The Bertz CT molecular complexity index is 549. The maximum atomic E-state index is 11.6. The number of benzene rings is 1. The number of fused-ring (bicyclic) bond motifs is 1. The third-order valence-corrected chi connectivity index (χ3v) is 3.37. The van der Waals surface area contributed by atoms with E-state index in [2.05, 4.69) is 19.2 Å². The Balaban J connectivity index is 1.81. The summed E-state index contributed by atoms with van der Waals surface area (Å²) in [6, 6.07) is 5.74. The highest BCUT2D eigenvalue weighted by atomic mass is 16.7. The lowest BCUT2D eigenvalue weighted by Crippen LogP contribution is -2.26. The van der Waals surface area contributed by atoms with Crippen molar-refractivity contribution >= 4 is 12.0 Å². The molecule has 1 aromatic carbocycles. The van der Waals surface area contributed by atoms with Gasteiger partial charge in [-0.1, -0.05) is 44.6 Å². The molecule has 1 N–H and O–H groups in total. The first-order valence-electron chi connectivity index (χ1n) is 7.21. The molecule has 0 unspecified atom stereocenters. The Labute approximate surface area is 125 Å². The maximum Gasteiger partial charge on any atom is 0.243 e. The van der Waals surface area contributed by atoms with E-state index in [1.165, 1.54) is 6.08 Å². The van der Waals surface area contributed by atoms with E-state index in [9.17, 15) is 4.79 Å². The maximum absolute atomic E-state index is 11.6. The molecule has 0 aromatic heterocycles. The lowest BCUT2D eigenvalue weighted by molar-refractivity contribution is -0.116. The van der Waals surface area contributed by atoms with Gasteiger partial charge in [-0.25, -0.2) is 0 Å². The summed E-state index contributed by atoms with van der Waals surface area (Å²) in [7, 11) is 0. The Morgan fingerprint density at radius 3 is 2.95 bits per heavy atom. The Hall–Kier alpha value is -2.23. The molecule has 21 heavy (non-hydrogen) atoms. The Morgan fingerprint density at radius 2 is 2.14 bits per heavy atom. The van der Waals surface area contributed by atoms with E-state index in [-0.39, 0.29) is 12.7 Å². The second kappa shape index (κ2) is 7.53. The van der Waals surface area contributed by atoms with Crippen LogP contribution in [0.1, 0.15) is 25.8 Å². The predicted octanol–water partition coefficient (Wildman–Crippen LogP) is 3.15. The first-order valence-corrected chi connectivity index (χ1v) is 7.21. The summed E-state index contributed by atoms with van der Waals surface area (Å²) in [6.45, 7) is 5.22. The number of amides is 1. The number of nitrogens with one attached hydrogen (secondary N) is 1. The molecule has 0 saturated carbocycles. The Kier molecular flexibility index (Phi) is 5.43. The number of hydrogen-bond acceptors (Lipinski definition) is 3. The molecule has 4 nitrogen and oxygen atoms in total. The fraction of sp³-hybridized carbons (Fsp3) is 0.353. The van der Waals surface area contributed by atoms with Gasteiger partial charge in [0.25, 0.3) is 0 Å². The molecule has 2 rings (SSSR count). The average molecular weight is 287 g/mol. The van der Waals surface area contributed by atoms with Crippen molar-refractivity contribution < 1.29 is 14.3 Å². The molecule has 1 aliphatic rings. The lowest BCUT2D eigenvalue weighted by Gasteiger charge is -2.07. The van der Waals surface area contributed by atoms with Crippen molar-refractivity contribution in [2.45, 2.75) is 20.3 Å². The van der Waals surface area contributed by atoms with E-state index in [4.69, 9.17) is 9.47 Å². The molecule has 0 bridgehead atoms. The fourth-order valence-electron chi connectivity index (χ4n) is 1.80. The fourth-order valence-corrected chi connectivity index (χ4v) is 1.80. The van der Waals surface area contributed by atoms with Gasteiger partial charge in [0.1, 0.15) is 0 Å². The first kappa shape index (κ1) is 15.2. The van der Waals surface area contributed by atoms with Gasteiger partial charge in [0.15, 0.2) is 11.5 Å². The van der Waals surface area contributed by atoms with Gasteiger partial charge in [0.2, 0.25) is 12.7 Å². The average Bonchev–Trinajstić information content (AvgIpc) is 2.96. The van der Waals surface area contributed by atoms with Crippen LogP contribution >= 0.6 is 0 Å². The SMILES string of the molecule is CC[C@@H](C)CNC(=O)C=CC=Cc1ccc2c(c1)OCO2. The van der Waals surface area contributed by atoms with Crippen LogP contribution in [0.4, 0.5) is 0 Å². The van der Waals surface area contributed by atoms with Crippen LogP contribution in [-0.4, -0.2) is 19.2 Å². The Morgan fingerprint density at radius 1 is 1.33 bits per heavy atom. The van der Waals surface area contributed by atoms with Crippen molar-refractivity contribution in [3.8, 4) is 11.5 Å². The van der Waals surface area contributed by atoms with Crippen LogP contribution in [0.5, 0.6) is 11.5 Å². The van der Waals surface area contributed by atoms with E-state index in [0.29, 0.717) is 12.5 Å². The predicted molar refractivity (Wildman–Crippen MR) is 83.2 cm³/mol. The molecule has 1 heterocycles. The molecule has 4 heteroatoms. The smallest absolute Gasteiger partial charge is 0.243 e. The monoisotopic (exact) mass is 287 g/mol. The molecule has 1 atom stereocenters. The number of allylic oxidation sites excluding steroid dienone is 2. The van der Waals surface area contributed by atoms with Gasteiger partial charge < -0.3 is 14.8 Å². The molecule has 1 amide bonds. The number of carbonyl (C=O) groups excluding carboxylic acids is 1. The molecule has 0 saturated heterocycles. The molecule has 0 radical (unpaired) electrons. The van der Waals surface area contributed by atoms with E-state index < -0.39 is 0 Å². The van der Waals surface area contributed by atoms with Crippen molar-refractivity contribution in [2.24, 2.45) is 5.92 Å². The van der Waals surface area contributed by atoms with Crippen LogP contribution in [0, 0.1) is 5.92 Å². The zero-order valence-corrected chi connectivity index (χ0v) is 12.5. The quantitative estimate of drug-likeness (QED) is 0.646. The second-order valence-corrected chi connectivity index (χ2v) is 5.09. The zero-order chi connectivity index (χ0) is 15.1. The van der Waals surface area contributed by atoms with E-state index in [1.54, 1.807) is 6.08 Å². The van der Waals surface area contributed by atoms with Crippen molar-refractivity contribution in [2.75, 3.05) is 13.3 Å². The standard InChI is InChI=1S/C17H21NO3/c1-3-13(2)11-18-17(19)7-5-4-6-14-8-9-15-16(10-14)21-12-20-15/h4-10,13H,3,11-12H2,1-2H3,(H,18,19)/t13-/m1/s1. The van der Waals surface area contributed by atoms with Gasteiger partial charge in [-0.2, -0.15) is 0 Å². The molecule has 0 spiro atoms. The highest BCUT2D eigenvalue weighted by molar-refractivity contribution is 5.87. The van der Waals surface area contributed by atoms with Crippen LogP contribution in [0.3, 0.4) is 0 Å². The van der Waals surface area contributed by atoms with Crippen LogP contribution in [0.15, 0.2) is 36.4 Å². The van der Waals surface area contributed by atoms with Crippen LogP contribution in [-0.2, 0) is 4.79 Å². The number of rotatable bonds is 6. The zero-order valence-electron chi connectivity index (χ0n) is 12.5. The van der Waals surface area contributed by atoms with Gasteiger partial charge in [0, 0.05) is 12.6 Å². The van der Waals surface area contributed by atoms with E-state index >= 15 is 0 Å². The molecule has 0 fully saturated rings. The number of hydrogen-bond donors (Lipinski definition) is 1. The van der Waals surface area contributed by atoms with Gasteiger partial charge >= 0.3 is 0 Å². The summed E-state index contributed by atoms with van der Waals surface area (Å²) < 4.78 is 10.6. The third kappa shape index (κ3) is 4.67. The summed E-state index contributed by atoms with van der Waals surface area (Å²) in [6.07, 6.45) is 8.08. The van der Waals surface area contributed by atoms with Crippen LogP contribution < -0.4 is 14.8 Å². The minimum Gasteiger partial charge on any atom is -0.454 e. The molecular formula is C17H21NO3. The summed E-state index contributed by atoms with van der Waals surface area (Å²) in [5.74, 6) is 1.97. The molecule has 112 valence electrons. The minimum absolute atomic E-state index is 0.0642. The van der Waals surface area contributed by atoms with Crippen molar-refractivity contribution in [3.05, 3.63) is 42.0 Å². The first-order chi connectivity index (χ1) is 10.2. The summed E-state index contributed by atoms with van der Waals surface area (Å²) in [4.78, 5) is 11.6. The normalized spacial score (nSPS) is 14.8. The highest BCUT2D eigenvalue weighted by Gasteiger charge is 2.11. The van der Waals surface area contributed by atoms with Crippen LogP contribution in [0.2, 0.25) is 0 Å². The van der Waals surface area contributed by atoms with E-state index in [1.807, 2.05) is 30.4 Å². The summed E-state index contributed by atoms with van der Waals surface area (Å²) in [5, 5.41) is 2.87. The number of carbonyl (C=O) groups is 1. The van der Waals surface area contributed by atoms with Gasteiger partial charge in [0.05, 0.1) is 0 Å². The van der Waals surface area contributed by atoms with Crippen LogP contribution in [0.25, 0.3) is 6.08 Å². The second-order valence-electron chi connectivity index (χ2n) is 5.09.